The van der Waals surface area contributed by atoms with E-state index in [9.17, 15) is 14.4 Å². The molecule has 2 aromatic carbocycles. The van der Waals surface area contributed by atoms with Gasteiger partial charge in [-0.2, -0.15) is 0 Å². The Bertz CT molecular complexity index is 1200. The van der Waals surface area contributed by atoms with Crippen molar-refractivity contribution in [1.82, 2.24) is 14.8 Å². The van der Waals surface area contributed by atoms with Crippen LogP contribution in [0.3, 0.4) is 0 Å². The van der Waals surface area contributed by atoms with Crippen LogP contribution in [0.2, 0.25) is 0 Å². The quantitative estimate of drug-likeness (QED) is 0.655. The van der Waals surface area contributed by atoms with Crippen LogP contribution in [-0.4, -0.2) is 52.6 Å². The molecule has 5 rings (SSSR count). The zero-order valence-corrected chi connectivity index (χ0v) is 17.2. The molecule has 2 fully saturated rings. The van der Waals surface area contributed by atoms with Crippen molar-refractivity contribution >= 4 is 22.9 Å². The van der Waals surface area contributed by atoms with Gasteiger partial charge in [-0.3, -0.25) is 14.2 Å². The van der Waals surface area contributed by atoms with Crippen molar-refractivity contribution in [2.75, 3.05) is 20.2 Å². The highest BCUT2D eigenvalue weighted by atomic mass is 16.5. The van der Waals surface area contributed by atoms with Crippen molar-refractivity contribution < 1.29 is 18.7 Å². The lowest BCUT2D eigenvalue weighted by Crippen LogP contribution is -2.77. The van der Waals surface area contributed by atoms with E-state index >= 15 is 0 Å². The minimum atomic E-state index is -0.645. The fraction of sp³-hybridized carbons (Fsp3) is 0.348. The summed E-state index contributed by atoms with van der Waals surface area (Å²) in [6, 6.07) is 16.0. The summed E-state index contributed by atoms with van der Waals surface area (Å²) in [5.74, 6) is -0.951. The summed E-state index contributed by atoms with van der Waals surface area (Å²) in [4.78, 5) is 39.6. The second-order valence-corrected chi connectivity index (χ2v) is 8.27. The minimum absolute atomic E-state index is 0.113. The Morgan fingerprint density at radius 2 is 1.74 bits per heavy atom. The third kappa shape index (κ3) is 3.14. The van der Waals surface area contributed by atoms with E-state index < -0.39 is 16.9 Å². The molecule has 0 unspecified atom stereocenters. The van der Waals surface area contributed by atoms with Gasteiger partial charge in [0.05, 0.1) is 11.1 Å². The minimum Gasteiger partial charge on any atom is -0.408 e. The molecule has 0 atom stereocenters. The Balaban J connectivity index is 1.34. The summed E-state index contributed by atoms with van der Waals surface area (Å²) in [7, 11) is 1.64. The Labute approximate surface area is 178 Å². The smallest absolute Gasteiger partial charge is 0.408 e. The fourth-order valence-corrected chi connectivity index (χ4v) is 4.53. The zero-order valence-electron chi connectivity index (χ0n) is 17.2. The van der Waals surface area contributed by atoms with Crippen LogP contribution in [0.15, 0.2) is 63.8 Å². The van der Waals surface area contributed by atoms with Crippen LogP contribution < -0.4 is 11.1 Å². The number of hydrogen-bond donors (Lipinski definition) is 1. The van der Waals surface area contributed by atoms with Crippen LogP contribution >= 0.6 is 0 Å². The van der Waals surface area contributed by atoms with Crippen LogP contribution in [-0.2, 0) is 16.1 Å². The highest BCUT2D eigenvalue weighted by Gasteiger charge is 2.66. The molecule has 1 saturated carbocycles. The number of hydrogen-bond acceptors (Lipinski definition) is 5. The molecule has 3 aromatic rings. The number of fused-ring (bicyclic) bond motifs is 1. The van der Waals surface area contributed by atoms with E-state index in [-0.39, 0.29) is 18.4 Å². The van der Waals surface area contributed by atoms with Crippen LogP contribution in [0.1, 0.15) is 23.2 Å². The molecule has 2 aliphatic rings. The molecule has 31 heavy (non-hydrogen) atoms. The van der Waals surface area contributed by atoms with E-state index in [2.05, 4.69) is 5.32 Å². The van der Waals surface area contributed by atoms with E-state index in [0.29, 0.717) is 29.8 Å². The number of benzene rings is 2. The number of likely N-dealkylation sites (tertiary alicyclic amines) is 1. The predicted molar refractivity (Wildman–Crippen MR) is 113 cm³/mol. The average Bonchev–Trinajstić information content (AvgIpc) is 3.50. The molecule has 1 aromatic heterocycles. The number of nitrogens with zero attached hydrogens (tertiary/aromatic N) is 2. The van der Waals surface area contributed by atoms with E-state index in [1.807, 2.05) is 18.2 Å². The first kappa shape index (κ1) is 19.6. The van der Waals surface area contributed by atoms with Crippen molar-refractivity contribution in [2.24, 2.45) is 0 Å². The van der Waals surface area contributed by atoms with Gasteiger partial charge in [0.1, 0.15) is 12.1 Å². The molecule has 0 spiro atoms. The lowest BCUT2D eigenvalue weighted by atomic mass is 9.81. The summed E-state index contributed by atoms with van der Waals surface area (Å²) in [6.45, 7) is 0.560. The summed E-state index contributed by atoms with van der Waals surface area (Å²) < 4.78 is 12.3. The lowest BCUT2D eigenvalue weighted by molar-refractivity contribution is -0.148. The number of para-hydroxylation sites is 2. The van der Waals surface area contributed by atoms with Crippen molar-refractivity contribution in [3.05, 3.63) is 70.7 Å². The van der Waals surface area contributed by atoms with Crippen molar-refractivity contribution in [3.63, 3.8) is 0 Å². The predicted octanol–water partition coefficient (Wildman–Crippen LogP) is 1.78. The van der Waals surface area contributed by atoms with Gasteiger partial charge in [-0.25, -0.2) is 4.79 Å². The monoisotopic (exact) mass is 421 g/mol. The standard InChI is InChI=1S/C23H23N3O5/c1-30-23(11-12-23)22(24-20(28)16-7-3-2-4-8-16)14-25(15-22)19(27)13-26-17-9-5-6-10-18(17)31-21(26)29/h2-10H,11-15H2,1H3,(H,24,28). The van der Waals surface area contributed by atoms with Crippen LogP contribution in [0.25, 0.3) is 11.1 Å². The molecule has 1 N–H and O–H groups in total. The number of methoxy groups -OCH3 is 1. The molecule has 1 aliphatic carbocycles. The summed E-state index contributed by atoms with van der Waals surface area (Å²) in [6.07, 6.45) is 1.65. The molecule has 8 nitrogen and oxygen atoms in total. The molecule has 1 saturated heterocycles. The Kier molecular flexibility index (Phi) is 4.48. The van der Waals surface area contributed by atoms with Gasteiger partial charge in [0.25, 0.3) is 5.91 Å². The topological polar surface area (TPSA) is 93.8 Å². The van der Waals surface area contributed by atoms with Crippen molar-refractivity contribution in [2.45, 2.75) is 30.5 Å². The van der Waals surface area contributed by atoms with Gasteiger partial charge in [-0.1, -0.05) is 30.3 Å². The molecule has 160 valence electrons. The third-order valence-electron chi connectivity index (χ3n) is 6.50. The maximum absolute atomic E-state index is 12.9. The molecule has 8 heteroatoms. The van der Waals surface area contributed by atoms with E-state index in [4.69, 9.17) is 9.15 Å². The van der Waals surface area contributed by atoms with Gasteiger partial charge in [0.15, 0.2) is 5.58 Å². The van der Waals surface area contributed by atoms with Crippen LogP contribution in [0, 0.1) is 0 Å². The number of carbonyl (C=O) groups is 2. The van der Waals surface area contributed by atoms with E-state index in [1.54, 1.807) is 48.4 Å². The molecule has 1 aliphatic heterocycles. The summed E-state index contributed by atoms with van der Waals surface area (Å²) in [5.41, 5.74) is 0.487. The van der Waals surface area contributed by atoms with Crippen LogP contribution in [0.5, 0.6) is 0 Å². The molecule has 2 amide bonds. The number of oxazole rings is 1. The highest BCUT2D eigenvalue weighted by Crippen LogP contribution is 2.51. The molecular weight excluding hydrogens is 398 g/mol. The van der Waals surface area contributed by atoms with Crippen LogP contribution in [0.4, 0.5) is 0 Å². The Morgan fingerprint density at radius 1 is 1.06 bits per heavy atom. The SMILES string of the molecule is COC1(C2(NC(=O)c3ccccc3)CN(C(=O)Cn3c(=O)oc4ccccc43)C2)CC1. The van der Waals surface area contributed by atoms with E-state index in [0.717, 1.165) is 12.8 Å². The first-order valence-corrected chi connectivity index (χ1v) is 10.3. The fourth-order valence-electron chi connectivity index (χ4n) is 4.53. The summed E-state index contributed by atoms with van der Waals surface area (Å²) in [5, 5.41) is 3.14. The van der Waals surface area contributed by atoms with Gasteiger partial charge >= 0.3 is 5.76 Å². The maximum Gasteiger partial charge on any atom is 0.420 e. The second kappa shape index (κ2) is 7.09. The first-order valence-electron chi connectivity index (χ1n) is 10.3. The van der Waals surface area contributed by atoms with Gasteiger partial charge in [0.2, 0.25) is 5.91 Å². The second-order valence-electron chi connectivity index (χ2n) is 8.27. The van der Waals surface area contributed by atoms with Gasteiger partial charge in [-0.15, -0.1) is 0 Å². The first-order chi connectivity index (χ1) is 15.0. The number of rotatable bonds is 6. The van der Waals surface area contributed by atoms with Gasteiger partial charge in [0, 0.05) is 25.8 Å². The number of ether oxygens (including phenoxy) is 1. The van der Waals surface area contributed by atoms with Crippen molar-refractivity contribution in [3.8, 4) is 0 Å². The number of nitrogens with one attached hydrogen (secondary N) is 1. The molecule has 0 bridgehead atoms. The molecular formula is C23H23N3O5. The van der Waals surface area contributed by atoms with Gasteiger partial charge < -0.3 is 19.4 Å². The van der Waals surface area contributed by atoms with E-state index in [1.165, 1.54) is 4.57 Å². The number of amides is 2. The number of carbonyl (C=O) groups excluding carboxylic acids is 2. The molecule has 2 heterocycles. The number of aromatic nitrogens is 1. The maximum atomic E-state index is 12.9. The lowest BCUT2D eigenvalue weighted by Gasteiger charge is -2.54. The Morgan fingerprint density at radius 3 is 2.42 bits per heavy atom. The normalized spacial score (nSPS) is 18.4. The third-order valence-corrected chi connectivity index (χ3v) is 6.50. The van der Waals surface area contributed by atoms with Gasteiger partial charge in [-0.05, 0) is 37.1 Å². The average molecular weight is 421 g/mol. The largest absolute Gasteiger partial charge is 0.420 e. The molecule has 0 radical (unpaired) electrons. The highest BCUT2D eigenvalue weighted by molar-refractivity contribution is 5.95. The Hall–Kier alpha value is -3.39. The van der Waals surface area contributed by atoms with Crippen molar-refractivity contribution in [1.29, 1.82) is 0 Å². The zero-order chi connectivity index (χ0) is 21.6. The summed E-state index contributed by atoms with van der Waals surface area (Å²) >= 11 is 0.